The second-order valence-electron chi connectivity index (χ2n) is 11.7. The molecule has 2 unspecified atom stereocenters. The standard InChI is InChI=1S/C35H68NO7P/c1-3-5-7-9-11-13-14-15-16-17-18-19-20-21-23-25-27-30-40-32-34(33-42-44(38,39)41-31-29-36)43-35(37)28-26-24-22-12-10-8-6-4-2/h13-14,16-17,34H,3-12,15,18-33,36H2,1-2H3,(H,38,39)/b14-13-,17-16-. The Labute approximate surface area is 270 Å². The molecular formula is C35H68NO7P. The van der Waals surface area contributed by atoms with Gasteiger partial charge in [-0.15, -0.1) is 0 Å². The number of hydrogen-bond donors (Lipinski definition) is 2. The molecule has 0 spiro atoms. The summed E-state index contributed by atoms with van der Waals surface area (Å²) in [5.74, 6) is -0.340. The lowest BCUT2D eigenvalue weighted by atomic mass is 10.1. The highest BCUT2D eigenvalue weighted by Gasteiger charge is 2.25. The Morgan fingerprint density at radius 1 is 0.682 bits per heavy atom. The Hall–Kier alpha value is -1.02. The van der Waals surface area contributed by atoms with Crippen LogP contribution in [0.1, 0.15) is 155 Å². The first kappa shape index (κ1) is 43.0. The van der Waals surface area contributed by atoms with Crippen LogP contribution in [0.5, 0.6) is 0 Å². The van der Waals surface area contributed by atoms with Crippen LogP contribution in [-0.2, 0) is 27.9 Å². The van der Waals surface area contributed by atoms with Crippen LogP contribution in [0.2, 0.25) is 0 Å². The average Bonchev–Trinajstić information content (AvgIpc) is 3.01. The number of ether oxygens (including phenoxy) is 2. The number of esters is 1. The van der Waals surface area contributed by atoms with Gasteiger partial charge >= 0.3 is 13.8 Å². The average molecular weight is 646 g/mol. The van der Waals surface area contributed by atoms with E-state index in [2.05, 4.69) is 38.2 Å². The molecule has 9 heteroatoms. The molecule has 0 radical (unpaired) electrons. The lowest BCUT2D eigenvalue weighted by Gasteiger charge is -2.20. The fourth-order valence-electron chi connectivity index (χ4n) is 4.73. The normalized spacial score (nSPS) is 14.0. The van der Waals surface area contributed by atoms with Gasteiger partial charge in [-0.2, -0.15) is 0 Å². The van der Waals surface area contributed by atoms with Crippen molar-refractivity contribution in [1.29, 1.82) is 0 Å². The van der Waals surface area contributed by atoms with Gasteiger partial charge in [-0.1, -0.05) is 128 Å². The van der Waals surface area contributed by atoms with Gasteiger partial charge in [-0.05, 0) is 44.9 Å². The van der Waals surface area contributed by atoms with Crippen LogP contribution in [0.15, 0.2) is 24.3 Å². The Bertz CT molecular complexity index is 732. The molecule has 0 fully saturated rings. The Morgan fingerprint density at radius 2 is 1.20 bits per heavy atom. The van der Waals surface area contributed by atoms with Crippen molar-refractivity contribution in [3.05, 3.63) is 24.3 Å². The first-order valence-electron chi connectivity index (χ1n) is 17.8. The van der Waals surface area contributed by atoms with Crippen LogP contribution in [0.4, 0.5) is 0 Å². The third-order valence-corrected chi connectivity index (χ3v) is 8.36. The summed E-state index contributed by atoms with van der Waals surface area (Å²) in [5, 5.41) is 0. The lowest BCUT2D eigenvalue weighted by molar-refractivity contribution is -0.154. The van der Waals surface area contributed by atoms with E-state index in [-0.39, 0.29) is 32.3 Å². The fourth-order valence-corrected chi connectivity index (χ4v) is 5.50. The van der Waals surface area contributed by atoms with Gasteiger partial charge in [0.25, 0.3) is 0 Å². The first-order valence-corrected chi connectivity index (χ1v) is 19.3. The van der Waals surface area contributed by atoms with Crippen molar-refractivity contribution in [2.45, 2.75) is 161 Å². The predicted molar refractivity (Wildman–Crippen MR) is 183 cm³/mol. The number of allylic oxidation sites excluding steroid dienone is 4. The predicted octanol–water partition coefficient (Wildman–Crippen LogP) is 9.74. The van der Waals surface area contributed by atoms with E-state index in [1.165, 1.54) is 89.9 Å². The maximum absolute atomic E-state index is 12.4. The molecule has 0 aliphatic carbocycles. The van der Waals surface area contributed by atoms with Gasteiger partial charge in [0.2, 0.25) is 0 Å². The molecule has 0 amide bonds. The molecule has 8 nitrogen and oxygen atoms in total. The van der Waals surface area contributed by atoms with Gasteiger partial charge in [0.05, 0.1) is 19.8 Å². The van der Waals surface area contributed by atoms with Crippen LogP contribution >= 0.6 is 7.82 Å². The number of phosphoric ester groups is 1. The van der Waals surface area contributed by atoms with E-state index in [1.54, 1.807) is 0 Å². The molecule has 0 heterocycles. The molecule has 44 heavy (non-hydrogen) atoms. The van der Waals surface area contributed by atoms with E-state index in [0.717, 1.165) is 44.9 Å². The van der Waals surface area contributed by atoms with Crippen LogP contribution in [-0.4, -0.2) is 49.9 Å². The molecule has 0 aromatic heterocycles. The lowest BCUT2D eigenvalue weighted by Crippen LogP contribution is -2.28. The first-order chi connectivity index (χ1) is 21.4. The van der Waals surface area contributed by atoms with Crippen molar-refractivity contribution < 1.29 is 32.8 Å². The number of unbranched alkanes of at least 4 members (excludes halogenated alkanes) is 17. The number of rotatable bonds is 34. The van der Waals surface area contributed by atoms with E-state index < -0.39 is 13.9 Å². The van der Waals surface area contributed by atoms with E-state index in [0.29, 0.717) is 13.0 Å². The highest BCUT2D eigenvalue weighted by atomic mass is 31.2. The van der Waals surface area contributed by atoms with E-state index in [9.17, 15) is 14.3 Å². The molecular weight excluding hydrogens is 577 g/mol. The second-order valence-corrected chi connectivity index (χ2v) is 13.2. The summed E-state index contributed by atoms with van der Waals surface area (Å²) in [6.07, 6.45) is 33.4. The summed E-state index contributed by atoms with van der Waals surface area (Å²) < 4.78 is 33.1. The Morgan fingerprint density at radius 3 is 1.80 bits per heavy atom. The molecule has 0 bridgehead atoms. The van der Waals surface area contributed by atoms with E-state index >= 15 is 0 Å². The minimum atomic E-state index is -4.26. The monoisotopic (exact) mass is 645 g/mol. The van der Waals surface area contributed by atoms with E-state index in [4.69, 9.17) is 24.3 Å². The number of hydrogen-bond acceptors (Lipinski definition) is 7. The summed E-state index contributed by atoms with van der Waals surface area (Å²) in [7, 11) is -4.26. The minimum absolute atomic E-state index is 0.0964. The van der Waals surface area contributed by atoms with Crippen molar-refractivity contribution in [1.82, 2.24) is 0 Å². The van der Waals surface area contributed by atoms with Crippen LogP contribution < -0.4 is 5.73 Å². The maximum Gasteiger partial charge on any atom is 0.472 e. The smallest absolute Gasteiger partial charge is 0.457 e. The Kier molecular flexibility index (Phi) is 32.6. The summed E-state index contributed by atoms with van der Waals surface area (Å²) in [5.41, 5.74) is 5.33. The number of carbonyl (C=O) groups excluding carboxylic acids is 1. The number of nitrogens with two attached hydrogens (primary N) is 1. The van der Waals surface area contributed by atoms with Crippen molar-refractivity contribution >= 4 is 13.8 Å². The summed E-state index contributed by atoms with van der Waals surface area (Å²) in [6.45, 7) is 4.84. The van der Waals surface area contributed by atoms with Crippen molar-refractivity contribution in [2.24, 2.45) is 5.73 Å². The van der Waals surface area contributed by atoms with Crippen molar-refractivity contribution in [3.63, 3.8) is 0 Å². The SMILES string of the molecule is CCCCCC/C=C\C/C=C\CCCCCCCCOCC(COP(=O)(O)OCCN)OC(=O)CCCCCCCCCC. The summed E-state index contributed by atoms with van der Waals surface area (Å²) in [4.78, 5) is 22.2. The molecule has 2 atom stereocenters. The van der Waals surface area contributed by atoms with Crippen LogP contribution in [0.25, 0.3) is 0 Å². The van der Waals surface area contributed by atoms with Gasteiger partial charge in [-0.25, -0.2) is 4.57 Å². The van der Waals surface area contributed by atoms with Crippen LogP contribution in [0, 0.1) is 0 Å². The fraction of sp³-hybridized carbons (Fsp3) is 0.857. The molecule has 3 N–H and O–H groups in total. The highest BCUT2D eigenvalue weighted by molar-refractivity contribution is 7.47. The van der Waals surface area contributed by atoms with Gasteiger partial charge in [0.1, 0.15) is 6.10 Å². The van der Waals surface area contributed by atoms with Gasteiger partial charge in [0.15, 0.2) is 0 Å². The zero-order chi connectivity index (χ0) is 32.4. The van der Waals surface area contributed by atoms with Gasteiger partial charge < -0.3 is 20.1 Å². The highest BCUT2D eigenvalue weighted by Crippen LogP contribution is 2.43. The van der Waals surface area contributed by atoms with Crippen molar-refractivity contribution in [3.8, 4) is 0 Å². The topological polar surface area (TPSA) is 117 Å². The van der Waals surface area contributed by atoms with Gasteiger partial charge in [0, 0.05) is 19.6 Å². The quantitative estimate of drug-likeness (QED) is 0.0307. The summed E-state index contributed by atoms with van der Waals surface area (Å²) in [6, 6.07) is 0. The van der Waals surface area contributed by atoms with E-state index in [1.807, 2.05) is 0 Å². The molecule has 0 saturated heterocycles. The third kappa shape index (κ3) is 32.4. The van der Waals surface area contributed by atoms with Gasteiger partial charge in [-0.3, -0.25) is 13.8 Å². The minimum Gasteiger partial charge on any atom is -0.457 e. The third-order valence-electron chi connectivity index (χ3n) is 7.37. The largest absolute Gasteiger partial charge is 0.472 e. The molecule has 0 aromatic carbocycles. The molecule has 0 aliphatic heterocycles. The number of carbonyl (C=O) groups is 1. The zero-order valence-electron chi connectivity index (χ0n) is 28.4. The molecule has 260 valence electrons. The van der Waals surface area contributed by atoms with Crippen LogP contribution in [0.3, 0.4) is 0 Å². The molecule has 0 aliphatic rings. The second kappa shape index (κ2) is 33.3. The zero-order valence-corrected chi connectivity index (χ0v) is 29.3. The molecule has 0 rings (SSSR count). The Balaban J connectivity index is 4.06. The maximum atomic E-state index is 12.4. The molecule has 0 saturated carbocycles. The molecule has 0 aromatic rings. The number of phosphoric acid groups is 1. The summed E-state index contributed by atoms with van der Waals surface area (Å²) >= 11 is 0. The van der Waals surface area contributed by atoms with Crippen molar-refractivity contribution in [2.75, 3.05) is 33.0 Å².